The van der Waals surface area contributed by atoms with E-state index in [1.165, 1.54) is 11.0 Å². The molecule has 0 aliphatic carbocycles. The van der Waals surface area contributed by atoms with Crippen LogP contribution in [0.25, 0.3) is 0 Å². The second kappa shape index (κ2) is 5.48. The smallest absolute Gasteiger partial charge is 0.317 e. The molecule has 2 amide bonds. The SMILES string of the molecule is CC1(C(=O)O)CCN(C(=O)NCc2ccccc2F)C1. The summed E-state index contributed by atoms with van der Waals surface area (Å²) in [5, 5.41) is 11.7. The first-order chi connectivity index (χ1) is 9.42. The van der Waals surface area contributed by atoms with Gasteiger partial charge < -0.3 is 15.3 Å². The number of carbonyl (C=O) groups is 2. The number of likely N-dealkylation sites (tertiary alicyclic amines) is 1. The Bertz CT molecular complexity index is 535. The van der Waals surface area contributed by atoms with Crippen molar-refractivity contribution in [3.8, 4) is 0 Å². The maximum absolute atomic E-state index is 13.4. The van der Waals surface area contributed by atoms with Gasteiger partial charge in [-0.3, -0.25) is 4.79 Å². The van der Waals surface area contributed by atoms with Crippen LogP contribution in [0, 0.1) is 11.2 Å². The molecule has 1 aromatic rings. The van der Waals surface area contributed by atoms with Gasteiger partial charge in [-0.2, -0.15) is 0 Å². The van der Waals surface area contributed by atoms with E-state index in [0.29, 0.717) is 18.5 Å². The molecule has 1 fully saturated rings. The zero-order valence-electron chi connectivity index (χ0n) is 11.2. The number of nitrogens with zero attached hydrogens (tertiary/aromatic N) is 1. The number of hydrogen-bond acceptors (Lipinski definition) is 2. The van der Waals surface area contributed by atoms with Crippen LogP contribution in [0.4, 0.5) is 9.18 Å². The molecule has 20 heavy (non-hydrogen) atoms. The zero-order valence-corrected chi connectivity index (χ0v) is 11.2. The molecule has 1 aromatic carbocycles. The maximum atomic E-state index is 13.4. The van der Waals surface area contributed by atoms with Gasteiger partial charge in [-0.1, -0.05) is 18.2 Å². The molecule has 1 saturated heterocycles. The highest BCUT2D eigenvalue weighted by Gasteiger charge is 2.42. The topological polar surface area (TPSA) is 69.6 Å². The summed E-state index contributed by atoms with van der Waals surface area (Å²) in [5.41, 5.74) is -0.490. The van der Waals surface area contributed by atoms with Crippen molar-refractivity contribution in [1.29, 1.82) is 0 Å². The number of rotatable bonds is 3. The fraction of sp³-hybridized carbons (Fsp3) is 0.429. The van der Waals surface area contributed by atoms with Crippen molar-refractivity contribution >= 4 is 12.0 Å². The number of hydrogen-bond donors (Lipinski definition) is 2. The number of nitrogens with one attached hydrogen (secondary N) is 1. The van der Waals surface area contributed by atoms with Gasteiger partial charge in [-0.25, -0.2) is 9.18 Å². The van der Waals surface area contributed by atoms with Crippen LogP contribution in [0.3, 0.4) is 0 Å². The molecule has 0 spiro atoms. The van der Waals surface area contributed by atoms with E-state index in [2.05, 4.69) is 5.32 Å². The molecule has 2 N–H and O–H groups in total. The van der Waals surface area contributed by atoms with E-state index in [-0.39, 0.29) is 24.9 Å². The molecular formula is C14H17FN2O3. The summed E-state index contributed by atoms with van der Waals surface area (Å²) in [7, 11) is 0. The van der Waals surface area contributed by atoms with Crippen molar-refractivity contribution in [2.75, 3.05) is 13.1 Å². The maximum Gasteiger partial charge on any atom is 0.317 e. The minimum absolute atomic E-state index is 0.0891. The van der Waals surface area contributed by atoms with E-state index in [1.54, 1.807) is 25.1 Å². The molecule has 2 rings (SSSR count). The van der Waals surface area contributed by atoms with Crippen molar-refractivity contribution in [1.82, 2.24) is 10.2 Å². The highest BCUT2D eigenvalue weighted by atomic mass is 19.1. The highest BCUT2D eigenvalue weighted by molar-refractivity contribution is 5.79. The van der Waals surface area contributed by atoms with Gasteiger partial charge in [0.1, 0.15) is 5.82 Å². The van der Waals surface area contributed by atoms with Gasteiger partial charge in [0, 0.05) is 25.2 Å². The van der Waals surface area contributed by atoms with Crippen LogP contribution in [0.5, 0.6) is 0 Å². The third-order valence-corrected chi connectivity index (χ3v) is 3.66. The van der Waals surface area contributed by atoms with Gasteiger partial charge in [0.2, 0.25) is 0 Å². The number of benzene rings is 1. The average molecular weight is 280 g/mol. The Morgan fingerprint density at radius 2 is 2.15 bits per heavy atom. The van der Waals surface area contributed by atoms with E-state index in [9.17, 15) is 14.0 Å². The number of amides is 2. The van der Waals surface area contributed by atoms with Crippen LogP contribution in [-0.2, 0) is 11.3 Å². The Kier molecular flexibility index (Phi) is 3.92. The molecule has 6 heteroatoms. The summed E-state index contributed by atoms with van der Waals surface area (Å²) in [6, 6.07) is 5.85. The molecule has 1 unspecified atom stereocenters. The lowest BCUT2D eigenvalue weighted by Crippen LogP contribution is -2.40. The minimum atomic E-state index is -0.901. The van der Waals surface area contributed by atoms with Crippen LogP contribution in [0.15, 0.2) is 24.3 Å². The Morgan fingerprint density at radius 3 is 2.75 bits per heavy atom. The summed E-state index contributed by atoms with van der Waals surface area (Å²) in [6.07, 6.45) is 0.426. The third kappa shape index (κ3) is 2.89. The number of aliphatic carboxylic acids is 1. The molecule has 108 valence electrons. The molecule has 1 atom stereocenters. The largest absolute Gasteiger partial charge is 0.481 e. The van der Waals surface area contributed by atoms with Crippen molar-refractivity contribution in [2.45, 2.75) is 19.9 Å². The lowest BCUT2D eigenvalue weighted by molar-refractivity contribution is -0.146. The molecule has 0 saturated carbocycles. The van der Waals surface area contributed by atoms with E-state index < -0.39 is 11.4 Å². The van der Waals surface area contributed by atoms with Crippen LogP contribution in [-0.4, -0.2) is 35.1 Å². The lowest BCUT2D eigenvalue weighted by Gasteiger charge is -2.20. The molecule has 1 aliphatic heterocycles. The molecule has 1 heterocycles. The second-order valence-corrected chi connectivity index (χ2v) is 5.29. The quantitative estimate of drug-likeness (QED) is 0.887. The van der Waals surface area contributed by atoms with Gasteiger partial charge in [-0.15, -0.1) is 0 Å². The van der Waals surface area contributed by atoms with E-state index >= 15 is 0 Å². The van der Waals surface area contributed by atoms with Crippen LogP contribution in [0.1, 0.15) is 18.9 Å². The molecule has 0 aromatic heterocycles. The fourth-order valence-corrected chi connectivity index (χ4v) is 2.23. The van der Waals surface area contributed by atoms with Gasteiger partial charge >= 0.3 is 12.0 Å². The first-order valence-corrected chi connectivity index (χ1v) is 6.42. The van der Waals surface area contributed by atoms with E-state index in [1.807, 2.05) is 0 Å². The predicted molar refractivity (Wildman–Crippen MR) is 70.6 cm³/mol. The minimum Gasteiger partial charge on any atom is -0.481 e. The lowest BCUT2D eigenvalue weighted by atomic mass is 9.90. The Balaban J connectivity index is 1.91. The molecular weight excluding hydrogens is 263 g/mol. The van der Waals surface area contributed by atoms with Crippen LogP contribution >= 0.6 is 0 Å². The fourth-order valence-electron chi connectivity index (χ4n) is 2.23. The normalized spacial score (nSPS) is 21.8. The summed E-state index contributed by atoms with van der Waals surface area (Å²) in [6.45, 7) is 2.28. The third-order valence-electron chi connectivity index (χ3n) is 3.66. The standard InChI is InChI=1S/C14H17FN2O3/c1-14(12(18)19)6-7-17(9-14)13(20)16-8-10-4-2-3-5-11(10)15/h2-5H,6-9H2,1H3,(H,16,20)(H,18,19). The molecule has 1 aliphatic rings. The summed E-state index contributed by atoms with van der Waals surface area (Å²) in [4.78, 5) is 24.5. The van der Waals surface area contributed by atoms with Crippen molar-refractivity contribution in [2.24, 2.45) is 5.41 Å². The predicted octanol–water partition coefficient (Wildman–Crippen LogP) is 1.83. The summed E-state index contributed by atoms with van der Waals surface area (Å²) in [5.74, 6) is -1.27. The van der Waals surface area contributed by atoms with Crippen LogP contribution in [0.2, 0.25) is 0 Å². The Labute approximate surface area is 116 Å². The Morgan fingerprint density at radius 1 is 1.45 bits per heavy atom. The molecule has 0 bridgehead atoms. The monoisotopic (exact) mass is 280 g/mol. The zero-order chi connectivity index (χ0) is 14.8. The van der Waals surface area contributed by atoms with Crippen molar-refractivity contribution in [3.63, 3.8) is 0 Å². The van der Waals surface area contributed by atoms with Gasteiger partial charge in [0.15, 0.2) is 0 Å². The number of halogens is 1. The van der Waals surface area contributed by atoms with Gasteiger partial charge in [0.25, 0.3) is 0 Å². The van der Waals surface area contributed by atoms with Crippen molar-refractivity contribution < 1.29 is 19.1 Å². The first kappa shape index (κ1) is 14.3. The van der Waals surface area contributed by atoms with Gasteiger partial charge in [0.05, 0.1) is 5.41 Å². The summed E-state index contributed by atoms with van der Waals surface area (Å²) < 4.78 is 13.4. The molecule has 0 radical (unpaired) electrons. The number of carboxylic acid groups (broad SMARTS) is 1. The van der Waals surface area contributed by atoms with E-state index in [0.717, 1.165) is 0 Å². The number of carboxylic acids is 1. The van der Waals surface area contributed by atoms with Gasteiger partial charge in [-0.05, 0) is 19.4 Å². The Hall–Kier alpha value is -2.11. The molecule has 5 nitrogen and oxygen atoms in total. The summed E-state index contributed by atoms with van der Waals surface area (Å²) >= 11 is 0. The number of carbonyl (C=O) groups excluding carboxylic acids is 1. The second-order valence-electron chi connectivity index (χ2n) is 5.29. The first-order valence-electron chi connectivity index (χ1n) is 6.42. The highest BCUT2D eigenvalue weighted by Crippen LogP contribution is 2.29. The average Bonchev–Trinajstić information content (AvgIpc) is 2.82. The number of urea groups is 1. The van der Waals surface area contributed by atoms with Crippen LogP contribution < -0.4 is 5.32 Å². The van der Waals surface area contributed by atoms with E-state index in [4.69, 9.17) is 5.11 Å². The van der Waals surface area contributed by atoms with Crippen molar-refractivity contribution in [3.05, 3.63) is 35.6 Å².